The number of methoxy groups -OCH3 is 2. The number of hydrogen-bond acceptors (Lipinski definition) is 4. The van der Waals surface area contributed by atoms with Crippen LogP contribution in [-0.4, -0.2) is 43.6 Å². The topological polar surface area (TPSA) is 72.7 Å². The van der Waals surface area contributed by atoms with Gasteiger partial charge in [0.1, 0.15) is 5.82 Å². The second kappa shape index (κ2) is 10.3. The molecule has 0 bridgehead atoms. The molecule has 0 fully saturated rings. The molecule has 30 heavy (non-hydrogen) atoms. The summed E-state index contributed by atoms with van der Waals surface area (Å²) in [5, 5.41) is 11.1. The molecule has 0 atom stereocenters. The molecule has 3 rings (SSSR count). The zero-order chi connectivity index (χ0) is 21.3. The maximum absolute atomic E-state index is 13.1. The van der Waals surface area contributed by atoms with Crippen LogP contribution in [0.25, 0.3) is 5.69 Å². The minimum atomic E-state index is -0.262. The van der Waals surface area contributed by atoms with Crippen molar-refractivity contribution in [1.82, 2.24) is 20.4 Å². The number of guanidine groups is 1. The number of halogens is 1. The SMILES string of the molecule is CN=C(NCCc1ccn(-c2ccc(F)cc2)n1)NCc1ccc(OC)c(OC)c1. The van der Waals surface area contributed by atoms with Crippen LogP contribution in [0.2, 0.25) is 0 Å². The molecule has 7 nitrogen and oxygen atoms in total. The van der Waals surface area contributed by atoms with E-state index in [0.717, 1.165) is 23.4 Å². The van der Waals surface area contributed by atoms with Gasteiger partial charge in [-0.25, -0.2) is 9.07 Å². The molecule has 0 aliphatic rings. The number of nitrogens with one attached hydrogen (secondary N) is 2. The van der Waals surface area contributed by atoms with Crippen molar-refractivity contribution in [2.45, 2.75) is 13.0 Å². The molecule has 0 spiro atoms. The first kappa shape index (κ1) is 21.2. The van der Waals surface area contributed by atoms with Crippen LogP contribution in [0.15, 0.2) is 59.7 Å². The highest BCUT2D eigenvalue weighted by molar-refractivity contribution is 5.79. The Morgan fingerprint density at radius 1 is 1.03 bits per heavy atom. The second-order valence-corrected chi connectivity index (χ2v) is 6.52. The van der Waals surface area contributed by atoms with Crippen molar-refractivity contribution in [2.75, 3.05) is 27.8 Å². The molecule has 0 saturated heterocycles. The van der Waals surface area contributed by atoms with Crippen molar-refractivity contribution in [3.05, 3.63) is 71.8 Å². The van der Waals surface area contributed by atoms with E-state index in [2.05, 4.69) is 20.7 Å². The largest absolute Gasteiger partial charge is 0.493 e. The molecular formula is C22H26FN5O2. The summed E-state index contributed by atoms with van der Waals surface area (Å²) in [5.41, 5.74) is 2.80. The summed E-state index contributed by atoms with van der Waals surface area (Å²) in [5.74, 6) is 1.82. The van der Waals surface area contributed by atoms with Crippen molar-refractivity contribution in [3.63, 3.8) is 0 Å². The van der Waals surface area contributed by atoms with Gasteiger partial charge in [-0.2, -0.15) is 5.10 Å². The number of rotatable bonds is 8. The first-order valence-corrected chi connectivity index (χ1v) is 9.59. The summed E-state index contributed by atoms with van der Waals surface area (Å²) >= 11 is 0. The zero-order valence-corrected chi connectivity index (χ0v) is 17.4. The lowest BCUT2D eigenvalue weighted by molar-refractivity contribution is 0.354. The summed E-state index contributed by atoms with van der Waals surface area (Å²) in [4.78, 5) is 4.25. The number of nitrogens with zero attached hydrogens (tertiary/aromatic N) is 3. The highest BCUT2D eigenvalue weighted by Crippen LogP contribution is 2.27. The summed E-state index contributed by atoms with van der Waals surface area (Å²) in [6.45, 7) is 1.27. The van der Waals surface area contributed by atoms with Gasteiger partial charge in [0.05, 0.1) is 25.6 Å². The number of benzene rings is 2. The number of aromatic nitrogens is 2. The Labute approximate surface area is 175 Å². The summed E-state index contributed by atoms with van der Waals surface area (Å²) < 4.78 is 25.4. The first-order valence-electron chi connectivity index (χ1n) is 9.59. The lowest BCUT2D eigenvalue weighted by Crippen LogP contribution is -2.37. The molecule has 2 N–H and O–H groups in total. The lowest BCUT2D eigenvalue weighted by Gasteiger charge is -2.13. The Hall–Kier alpha value is -3.55. The van der Waals surface area contributed by atoms with Gasteiger partial charge in [-0.05, 0) is 48.0 Å². The fourth-order valence-electron chi connectivity index (χ4n) is 2.94. The molecule has 1 heterocycles. The van der Waals surface area contributed by atoms with E-state index in [1.54, 1.807) is 38.1 Å². The Kier molecular flexibility index (Phi) is 7.26. The Balaban J connectivity index is 1.49. The van der Waals surface area contributed by atoms with Crippen LogP contribution in [0.5, 0.6) is 11.5 Å². The predicted octanol–water partition coefficient (Wildman–Crippen LogP) is 2.94. The molecule has 8 heteroatoms. The number of aliphatic imine (C=N–C) groups is 1. The zero-order valence-electron chi connectivity index (χ0n) is 17.4. The molecule has 3 aromatic rings. The van der Waals surface area contributed by atoms with E-state index in [4.69, 9.17) is 9.47 Å². The Morgan fingerprint density at radius 2 is 1.80 bits per heavy atom. The molecular weight excluding hydrogens is 385 g/mol. The van der Waals surface area contributed by atoms with Gasteiger partial charge in [0.15, 0.2) is 17.5 Å². The highest BCUT2D eigenvalue weighted by atomic mass is 19.1. The molecule has 1 aromatic heterocycles. The summed E-state index contributed by atoms with van der Waals surface area (Å²) in [7, 11) is 4.96. The number of ether oxygens (including phenoxy) is 2. The van der Waals surface area contributed by atoms with E-state index in [-0.39, 0.29) is 5.82 Å². The van der Waals surface area contributed by atoms with E-state index >= 15 is 0 Å². The molecule has 0 aliphatic carbocycles. The fraction of sp³-hybridized carbons (Fsp3) is 0.273. The van der Waals surface area contributed by atoms with Gasteiger partial charge >= 0.3 is 0 Å². The average molecular weight is 411 g/mol. The highest BCUT2D eigenvalue weighted by Gasteiger charge is 2.06. The molecule has 2 aromatic carbocycles. The molecule has 0 aliphatic heterocycles. The molecule has 0 radical (unpaired) electrons. The number of hydrogen-bond donors (Lipinski definition) is 2. The van der Waals surface area contributed by atoms with Gasteiger partial charge in [-0.3, -0.25) is 4.99 Å². The maximum atomic E-state index is 13.1. The van der Waals surface area contributed by atoms with Crippen molar-refractivity contribution in [1.29, 1.82) is 0 Å². The van der Waals surface area contributed by atoms with Crippen LogP contribution in [0, 0.1) is 5.82 Å². The Morgan fingerprint density at radius 3 is 2.50 bits per heavy atom. The third-order valence-corrected chi connectivity index (χ3v) is 4.54. The van der Waals surface area contributed by atoms with Crippen LogP contribution in [0.1, 0.15) is 11.3 Å². The van der Waals surface area contributed by atoms with Gasteiger partial charge in [0.25, 0.3) is 0 Å². The summed E-state index contributed by atoms with van der Waals surface area (Å²) in [6, 6.07) is 14.0. The summed E-state index contributed by atoms with van der Waals surface area (Å²) in [6.07, 6.45) is 2.60. The van der Waals surface area contributed by atoms with Gasteiger partial charge in [0, 0.05) is 32.8 Å². The third kappa shape index (κ3) is 5.50. The average Bonchev–Trinajstić information content (AvgIpc) is 3.25. The van der Waals surface area contributed by atoms with Gasteiger partial charge < -0.3 is 20.1 Å². The third-order valence-electron chi connectivity index (χ3n) is 4.54. The minimum Gasteiger partial charge on any atom is -0.493 e. The Bertz CT molecular complexity index is 985. The first-order chi connectivity index (χ1) is 14.6. The van der Waals surface area contributed by atoms with E-state index in [9.17, 15) is 4.39 Å². The van der Waals surface area contributed by atoms with Gasteiger partial charge in [0.2, 0.25) is 0 Å². The van der Waals surface area contributed by atoms with Crippen molar-refractivity contribution < 1.29 is 13.9 Å². The normalized spacial score (nSPS) is 11.3. The molecule has 0 unspecified atom stereocenters. The quantitative estimate of drug-likeness (QED) is 0.441. The van der Waals surface area contributed by atoms with Crippen molar-refractivity contribution >= 4 is 5.96 Å². The van der Waals surface area contributed by atoms with E-state index in [1.165, 1.54) is 12.1 Å². The monoisotopic (exact) mass is 411 g/mol. The molecule has 0 amide bonds. The predicted molar refractivity (Wildman–Crippen MR) is 115 cm³/mol. The fourth-order valence-corrected chi connectivity index (χ4v) is 2.94. The maximum Gasteiger partial charge on any atom is 0.191 e. The van der Waals surface area contributed by atoms with Crippen molar-refractivity contribution in [2.24, 2.45) is 4.99 Å². The smallest absolute Gasteiger partial charge is 0.191 e. The second-order valence-electron chi connectivity index (χ2n) is 6.52. The lowest BCUT2D eigenvalue weighted by atomic mass is 10.2. The van der Waals surface area contributed by atoms with Crippen LogP contribution < -0.4 is 20.1 Å². The van der Waals surface area contributed by atoms with Crippen LogP contribution >= 0.6 is 0 Å². The van der Waals surface area contributed by atoms with Crippen molar-refractivity contribution in [3.8, 4) is 17.2 Å². The molecule has 158 valence electrons. The van der Waals surface area contributed by atoms with E-state index in [1.807, 2.05) is 30.5 Å². The van der Waals surface area contributed by atoms with Crippen LogP contribution in [0.3, 0.4) is 0 Å². The van der Waals surface area contributed by atoms with Crippen LogP contribution in [0.4, 0.5) is 4.39 Å². The standard InChI is InChI=1S/C22H26FN5O2/c1-24-22(26-15-16-4-9-20(29-2)21(14-16)30-3)25-12-10-18-11-13-28(27-18)19-7-5-17(23)6-8-19/h4-9,11,13-14H,10,12,15H2,1-3H3,(H2,24,25,26). The van der Waals surface area contributed by atoms with Gasteiger partial charge in [-0.15, -0.1) is 0 Å². The minimum absolute atomic E-state index is 0.262. The van der Waals surface area contributed by atoms with Gasteiger partial charge in [-0.1, -0.05) is 6.07 Å². The van der Waals surface area contributed by atoms with Crippen LogP contribution in [-0.2, 0) is 13.0 Å². The molecule has 0 saturated carbocycles. The van der Waals surface area contributed by atoms with E-state index < -0.39 is 0 Å². The van der Waals surface area contributed by atoms with E-state index in [0.29, 0.717) is 30.5 Å².